The minimum atomic E-state index is -0.557. The molecule has 0 aliphatic carbocycles. The van der Waals surface area contributed by atoms with Crippen LogP contribution in [0.4, 0.5) is 5.00 Å². The molecule has 3 aromatic rings. The number of hydrogen-bond donors (Lipinski definition) is 3. The number of amides is 2. The van der Waals surface area contributed by atoms with E-state index in [-0.39, 0.29) is 11.9 Å². The smallest absolute Gasteiger partial charge is 0.251 e. The lowest BCUT2D eigenvalue weighted by molar-refractivity contribution is -0.117. The van der Waals surface area contributed by atoms with Crippen LogP contribution in [0.15, 0.2) is 72.1 Å². The fourth-order valence-electron chi connectivity index (χ4n) is 2.82. The molecule has 0 radical (unpaired) electrons. The van der Waals surface area contributed by atoms with Gasteiger partial charge in [0, 0.05) is 0 Å². The summed E-state index contributed by atoms with van der Waals surface area (Å²) in [4.78, 5) is 24.1. The van der Waals surface area contributed by atoms with Crippen LogP contribution >= 0.6 is 11.3 Å². The quantitative estimate of drug-likeness (QED) is 0.587. The van der Waals surface area contributed by atoms with Crippen LogP contribution in [0, 0.1) is 0 Å². The third-order valence-electron chi connectivity index (χ3n) is 4.24. The zero-order chi connectivity index (χ0) is 19.2. The van der Waals surface area contributed by atoms with Crippen molar-refractivity contribution in [2.75, 3.05) is 5.32 Å². The maximum atomic E-state index is 12.7. The van der Waals surface area contributed by atoms with Crippen molar-refractivity contribution in [1.82, 2.24) is 5.32 Å². The van der Waals surface area contributed by atoms with Gasteiger partial charge in [-0.15, -0.1) is 11.3 Å². The van der Waals surface area contributed by atoms with Gasteiger partial charge in [0.15, 0.2) is 0 Å². The van der Waals surface area contributed by atoms with Gasteiger partial charge < -0.3 is 11.1 Å². The van der Waals surface area contributed by atoms with E-state index in [0.717, 1.165) is 11.1 Å². The topological polar surface area (TPSA) is 84.2 Å². The molecule has 0 fully saturated rings. The lowest BCUT2D eigenvalue weighted by Crippen LogP contribution is -2.40. The van der Waals surface area contributed by atoms with E-state index in [4.69, 9.17) is 5.73 Å². The molecule has 0 saturated heterocycles. The summed E-state index contributed by atoms with van der Waals surface area (Å²) in [6, 6.07) is 20.9. The first-order valence-corrected chi connectivity index (χ1v) is 9.48. The highest BCUT2D eigenvalue weighted by Crippen LogP contribution is 2.24. The molecule has 138 valence electrons. The standard InChI is InChI=1S/C21H21N3O2S/c1-14(20(26)24-21-17(19(22)25)12-13-27-21)23-18(15-8-4-2-5-9-15)16-10-6-3-7-11-16/h2-14,18,23H,1H3,(H2,22,25)(H,24,26). The molecule has 6 heteroatoms. The predicted molar refractivity (Wildman–Crippen MR) is 109 cm³/mol. The molecule has 1 heterocycles. The van der Waals surface area contributed by atoms with Crippen LogP contribution in [0.2, 0.25) is 0 Å². The average molecular weight is 379 g/mol. The highest BCUT2D eigenvalue weighted by molar-refractivity contribution is 7.14. The van der Waals surface area contributed by atoms with Crippen molar-refractivity contribution in [1.29, 1.82) is 0 Å². The minimum absolute atomic E-state index is 0.132. The monoisotopic (exact) mass is 379 g/mol. The van der Waals surface area contributed by atoms with Crippen molar-refractivity contribution in [3.63, 3.8) is 0 Å². The number of thiophene rings is 1. The highest BCUT2D eigenvalue weighted by atomic mass is 32.1. The summed E-state index contributed by atoms with van der Waals surface area (Å²) in [5, 5.41) is 8.38. The van der Waals surface area contributed by atoms with Gasteiger partial charge in [-0.2, -0.15) is 0 Å². The number of primary amides is 1. The van der Waals surface area contributed by atoms with Crippen molar-refractivity contribution >= 4 is 28.2 Å². The Hall–Kier alpha value is -2.96. The van der Waals surface area contributed by atoms with Gasteiger partial charge in [-0.3, -0.25) is 14.9 Å². The van der Waals surface area contributed by atoms with Crippen LogP contribution < -0.4 is 16.4 Å². The largest absolute Gasteiger partial charge is 0.366 e. The second-order valence-corrected chi connectivity index (χ2v) is 7.08. The second-order valence-electron chi connectivity index (χ2n) is 6.16. The van der Waals surface area contributed by atoms with Crippen molar-refractivity contribution in [2.24, 2.45) is 5.73 Å². The highest BCUT2D eigenvalue weighted by Gasteiger charge is 2.22. The molecule has 5 nitrogen and oxygen atoms in total. The molecular weight excluding hydrogens is 358 g/mol. The molecule has 4 N–H and O–H groups in total. The number of hydrogen-bond acceptors (Lipinski definition) is 4. The van der Waals surface area contributed by atoms with Gasteiger partial charge in [-0.1, -0.05) is 60.7 Å². The number of anilines is 1. The second kappa shape index (κ2) is 8.62. The molecule has 0 bridgehead atoms. The summed E-state index contributed by atoms with van der Waals surface area (Å²) in [6.07, 6.45) is 0. The molecule has 0 aliphatic heterocycles. The number of nitrogens with one attached hydrogen (secondary N) is 2. The van der Waals surface area contributed by atoms with Crippen molar-refractivity contribution in [3.05, 3.63) is 88.8 Å². The van der Waals surface area contributed by atoms with E-state index in [1.165, 1.54) is 11.3 Å². The Balaban J connectivity index is 1.78. The van der Waals surface area contributed by atoms with Gasteiger partial charge in [-0.05, 0) is 29.5 Å². The first-order valence-electron chi connectivity index (χ1n) is 8.60. The molecule has 1 unspecified atom stereocenters. The summed E-state index contributed by atoms with van der Waals surface area (Å²) in [5.74, 6) is -0.782. The summed E-state index contributed by atoms with van der Waals surface area (Å²) < 4.78 is 0. The van der Waals surface area contributed by atoms with E-state index in [2.05, 4.69) is 10.6 Å². The molecule has 3 rings (SSSR count). The number of nitrogens with two attached hydrogens (primary N) is 1. The van der Waals surface area contributed by atoms with Crippen LogP contribution in [-0.2, 0) is 4.79 Å². The maximum absolute atomic E-state index is 12.7. The van der Waals surface area contributed by atoms with E-state index >= 15 is 0 Å². The summed E-state index contributed by atoms with van der Waals surface area (Å²) in [7, 11) is 0. The van der Waals surface area contributed by atoms with Gasteiger partial charge in [0.25, 0.3) is 5.91 Å². The average Bonchev–Trinajstić information content (AvgIpc) is 3.15. The molecule has 2 amide bonds. The Bertz CT molecular complexity index is 870. The summed E-state index contributed by atoms with van der Waals surface area (Å²) in [5.41, 5.74) is 7.80. The zero-order valence-electron chi connectivity index (χ0n) is 14.9. The summed E-state index contributed by atoms with van der Waals surface area (Å²) >= 11 is 1.27. The molecular formula is C21H21N3O2S. The first kappa shape index (κ1) is 18.8. The zero-order valence-corrected chi connectivity index (χ0v) is 15.7. The summed E-state index contributed by atoms with van der Waals surface area (Å²) in [6.45, 7) is 1.80. The van der Waals surface area contributed by atoms with E-state index in [0.29, 0.717) is 10.6 Å². The van der Waals surface area contributed by atoms with Crippen LogP contribution in [0.3, 0.4) is 0 Å². The van der Waals surface area contributed by atoms with Crippen molar-refractivity contribution in [2.45, 2.75) is 19.0 Å². The third kappa shape index (κ3) is 4.61. The van der Waals surface area contributed by atoms with E-state index < -0.39 is 11.9 Å². The number of benzene rings is 2. The van der Waals surface area contributed by atoms with Gasteiger partial charge >= 0.3 is 0 Å². The Morgan fingerprint density at radius 2 is 1.48 bits per heavy atom. The van der Waals surface area contributed by atoms with Crippen LogP contribution in [0.1, 0.15) is 34.5 Å². The fourth-order valence-corrected chi connectivity index (χ4v) is 3.62. The molecule has 0 saturated carbocycles. The van der Waals surface area contributed by atoms with Crippen LogP contribution in [0.25, 0.3) is 0 Å². The predicted octanol–water partition coefficient (Wildman–Crippen LogP) is 3.55. The van der Waals surface area contributed by atoms with Gasteiger partial charge in [-0.25, -0.2) is 0 Å². The van der Waals surface area contributed by atoms with Gasteiger partial charge in [0.1, 0.15) is 5.00 Å². The van der Waals surface area contributed by atoms with Crippen molar-refractivity contribution < 1.29 is 9.59 Å². The Morgan fingerprint density at radius 3 is 2.00 bits per heavy atom. The number of carbonyl (C=O) groups is 2. The van der Waals surface area contributed by atoms with Crippen molar-refractivity contribution in [3.8, 4) is 0 Å². The third-order valence-corrected chi connectivity index (χ3v) is 5.07. The van der Waals surface area contributed by atoms with Crippen LogP contribution in [0.5, 0.6) is 0 Å². The first-order chi connectivity index (χ1) is 13.1. The lowest BCUT2D eigenvalue weighted by atomic mass is 9.98. The number of rotatable bonds is 7. The molecule has 1 aromatic heterocycles. The Morgan fingerprint density at radius 1 is 0.926 bits per heavy atom. The van der Waals surface area contributed by atoms with E-state index in [9.17, 15) is 9.59 Å². The lowest BCUT2D eigenvalue weighted by Gasteiger charge is -2.24. The van der Waals surface area contributed by atoms with Gasteiger partial charge in [0.05, 0.1) is 17.6 Å². The molecule has 2 aromatic carbocycles. The molecule has 0 aliphatic rings. The molecule has 1 atom stereocenters. The van der Waals surface area contributed by atoms with Gasteiger partial charge in [0.2, 0.25) is 5.91 Å². The minimum Gasteiger partial charge on any atom is -0.366 e. The number of carbonyl (C=O) groups excluding carboxylic acids is 2. The Kier molecular flexibility index (Phi) is 6.01. The molecule has 27 heavy (non-hydrogen) atoms. The maximum Gasteiger partial charge on any atom is 0.251 e. The SMILES string of the molecule is CC(NC(c1ccccc1)c1ccccc1)C(=O)Nc1sccc1C(N)=O. The van der Waals surface area contributed by atoms with E-state index in [1.54, 1.807) is 18.4 Å². The molecule has 0 spiro atoms. The normalized spacial score (nSPS) is 11.9. The van der Waals surface area contributed by atoms with Crippen LogP contribution in [-0.4, -0.2) is 17.9 Å². The van der Waals surface area contributed by atoms with E-state index in [1.807, 2.05) is 60.7 Å². The Labute approximate surface area is 162 Å². The fraction of sp³-hybridized carbons (Fsp3) is 0.143.